The summed E-state index contributed by atoms with van der Waals surface area (Å²) in [6.07, 6.45) is 6.02. The number of hydrogen-bond acceptors (Lipinski definition) is 6. The van der Waals surface area contributed by atoms with Crippen molar-refractivity contribution < 1.29 is 5.11 Å². The second-order valence-electron chi connectivity index (χ2n) is 10.6. The molecular weight excluding hydrogens is 458 g/mol. The summed E-state index contributed by atoms with van der Waals surface area (Å²) < 4.78 is 0. The van der Waals surface area contributed by atoms with Gasteiger partial charge in [0.1, 0.15) is 11.6 Å². The second kappa shape index (κ2) is 11.3. The molecule has 2 aliphatic heterocycles. The monoisotopic (exact) mass is 501 g/mol. The van der Waals surface area contributed by atoms with Crippen molar-refractivity contribution in [1.29, 1.82) is 0 Å². The minimum atomic E-state index is 0.143. The van der Waals surface area contributed by atoms with Crippen molar-refractivity contribution in [3.63, 3.8) is 0 Å². The van der Waals surface area contributed by atoms with Crippen molar-refractivity contribution >= 4 is 28.1 Å². The van der Waals surface area contributed by atoms with Crippen molar-refractivity contribution in [3.8, 4) is 0 Å². The lowest BCUT2D eigenvalue weighted by atomic mass is 9.87. The van der Waals surface area contributed by atoms with Gasteiger partial charge < -0.3 is 19.8 Å². The van der Waals surface area contributed by atoms with Crippen LogP contribution in [0.2, 0.25) is 0 Å². The summed E-state index contributed by atoms with van der Waals surface area (Å²) in [4.78, 5) is 17.3. The molecule has 3 fully saturated rings. The highest BCUT2D eigenvalue weighted by atomic mass is 16.3. The topological polar surface area (TPSA) is 55.7 Å². The quantitative estimate of drug-likeness (QED) is 0.437. The first-order chi connectivity index (χ1) is 18.1. The Balaban J connectivity index is 0.00000137. The molecule has 2 saturated heterocycles. The number of aromatic nitrogens is 2. The van der Waals surface area contributed by atoms with Crippen molar-refractivity contribution in [2.24, 2.45) is 0 Å². The van der Waals surface area contributed by atoms with Gasteiger partial charge in [0.05, 0.1) is 12.1 Å². The molecule has 3 aromatic rings. The van der Waals surface area contributed by atoms with E-state index in [0.29, 0.717) is 18.4 Å². The predicted octanol–water partition coefficient (Wildman–Crippen LogP) is 5.86. The second-order valence-corrected chi connectivity index (χ2v) is 10.6. The minimum absolute atomic E-state index is 0.143. The van der Waals surface area contributed by atoms with E-state index in [9.17, 15) is 5.11 Å². The van der Waals surface area contributed by atoms with E-state index in [-0.39, 0.29) is 6.61 Å². The van der Waals surface area contributed by atoms with Gasteiger partial charge in [-0.3, -0.25) is 0 Å². The van der Waals surface area contributed by atoms with Gasteiger partial charge >= 0.3 is 0 Å². The van der Waals surface area contributed by atoms with E-state index in [1.807, 2.05) is 20.9 Å². The molecule has 0 spiro atoms. The first kappa shape index (κ1) is 25.8. The number of anilines is 3. The van der Waals surface area contributed by atoms with Crippen LogP contribution in [0.4, 0.5) is 17.2 Å². The molecular formula is C31H43N5O. The largest absolute Gasteiger partial charge is 0.395 e. The molecule has 0 bridgehead atoms. The van der Waals surface area contributed by atoms with E-state index < -0.39 is 0 Å². The maximum absolute atomic E-state index is 9.48. The highest BCUT2D eigenvalue weighted by Crippen LogP contribution is 2.42. The van der Waals surface area contributed by atoms with Gasteiger partial charge in [-0.2, -0.15) is 0 Å². The maximum Gasteiger partial charge on any atom is 0.140 e. The number of piperidine rings is 1. The Morgan fingerprint density at radius 2 is 1.65 bits per heavy atom. The summed E-state index contributed by atoms with van der Waals surface area (Å²) in [7, 11) is 2.05. The lowest BCUT2D eigenvalue weighted by molar-refractivity contribution is 0.304. The third-order valence-electron chi connectivity index (χ3n) is 8.17. The van der Waals surface area contributed by atoms with Crippen LogP contribution in [-0.4, -0.2) is 61.5 Å². The molecule has 6 heteroatoms. The smallest absolute Gasteiger partial charge is 0.140 e. The Kier molecular flexibility index (Phi) is 7.84. The summed E-state index contributed by atoms with van der Waals surface area (Å²) in [6.45, 7) is 11.3. The van der Waals surface area contributed by atoms with Crippen LogP contribution >= 0.6 is 0 Å². The fourth-order valence-corrected chi connectivity index (χ4v) is 5.80. The third kappa shape index (κ3) is 5.26. The first-order valence-corrected chi connectivity index (χ1v) is 14.4. The van der Waals surface area contributed by atoms with Gasteiger partial charge in [0.2, 0.25) is 0 Å². The van der Waals surface area contributed by atoms with Crippen LogP contribution < -0.4 is 14.7 Å². The van der Waals surface area contributed by atoms with Gasteiger partial charge in [0.15, 0.2) is 0 Å². The zero-order valence-electron chi connectivity index (χ0n) is 23.1. The summed E-state index contributed by atoms with van der Waals surface area (Å²) >= 11 is 0. The van der Waals surface area contributed by atoms with Crippen LogP contribution in [0, 0.1) is 6.92 Å². The van der Waals surface area contributed by atoms with E-state index in [2.05, 4.69) is 58.0 Å². The number of benzene rings is 2. The average Bonchev–Trinajstić information content (AvgIpc) is 3.74. The number of hydrogen-bond donors (Lipinski definition) is 1. The maximum atomic E-state index is 9.48. The molecule has 0 amide bonds. The highest BCUT2D eigenvalue weighted by molar-refractivity contribution is 5.93. The number of likely N-dealkylation sites (N-methyl/N-ethyl adjacent to an activating group) is 1. The van der Waals surface area contributed by atoms with Gasteiger partial charge in [-0.05, 0) is 74.3 Å². The molecule has 37 heavy (non-hydrogen) atoms. The lowest BCUT2D eigenvalue weighted by Crippen LogP contribution is -2.39. The predicted molar refractivity (Wildman–Crippen MR) is 155 cm³/mol. The SMILES string of the molecule is CC.Cc1cc2nc(C3CC3)nc(N3CCC(c4ccccc4N4CCC4)CC3)c2cc1N(C)CCO. The van der Waals surface area contributed by atoms with E-state index in [0.717, 1.165) is 54.2 Å². The average molecular weight is 502 g/mol. The van der Waals surface area contributed by atoms with Crippen molar-refractivity contribution in [1.82, 2.24) is 9.97 Å². The summed E-state index contributed by atoms with van der Waals surface area (Å²) in [5.74, 6) is 3.25. The summed E-state index contributed by atoms with van der Waals surface area (Å²) in [5.41, 5.74) is 6.38. The van der Waals surface area contributed by atoms with Crippen LogP contribution in [-0.2, 0) is 0 Å². The molecule has 0 atom stereocenters. The summed E-state index contributed by atoms with van der Waals surface area (Å²) in [5, 5.41) is 10.6. The molecule has 6 nitrogen and oxygen atoms in total. The zero-order valence-corrected chi connectivity index (χ0v) is 23.1. The molecule has 1 saturated carbocycles. The van der Waals surface area contributed by atoms with E-state index in [4.69, 9.17) is 9.97 Å². The number of para-hydroxylation sites is 1. The number of aliphatic hydroxyl groups excluding tert-OH is 1. The van der Waals surface area contributed by atoms with E-state index in [1.54, 1.807) is 0 Å². The number of fused-ring (bicyclic) bond motifs is 1. The third-order valence-corrected chi connectivity index (χ3v) is 8.17. The molecule has 2 aromatic carbocycles. The van der Waals surface area contributed by atoms with Crippen LogP contribution in [0.25, 0.3) is 10.9 Å². The van der Waals surface area contributed by atoms with Crippen molar-refractivity contribution in [3.05, 3.63) is 53.3 Å². The van der Waals surface area contributed by atoms with Crippen LogP contribution in [0.15, 0.2) is 36.4 Å². The molecule has 0 unspecified atom stereocenters. The van der Waals surface area contributed by atoms with Crippen molar-refractivity contribution in [2.45, 2.75) is 64.7 Å². The Bertz CT molecular complexity index is 1210. The van der Waals surface area contributed by atoms with Crippen LogP contribution in [0.3, 0.4) is 0 Å². The Morgan fingerprint density at radius 1 is 0.919 bits per heavy atom. The molecule has 6 rings (SSSR count). The molecule has 3 heterocycles. The normalized spacial score (nSPS) is 17.9. The Labute approximate surface area is 222 Å². The zero-order chi connectivity index (χ0) is 25.9. The summed E-state index contributed by atoms with van der Waals surface area (Å²) in [6, 6.07) is 13.5. The van der Waals surface area contributed by atoms with E-state index >= 15 is 0 Å². The number of aryl methyl sites for hydroxylation is 1. The van der Waals surface area contributed by atoms with Crippen LogP contribution in [0.5, 0.6) is 0 Å². The number of nitrogens with zero attached hydrogens (tertiary/aromatic N) is 5. The standard InChI is InChI=1S/C29H37N5O.C2H6/c1-20-18-25-24(19-27(20)32(2)16-17-35)29(31-28(30-25)22-8-9-22)34-14-10-21(11-15-34)23-6-3-4-7-26(23)33-12-5-13-33;1-2/h3-4,6-7,18-19,21-22,35H,5,8-17H2,1-2H3;1-2H3. The molecule has 198 valence electrons. The molecule has 1 aromatic heterocycles. The highest BCUT2D eigenvalue weighted by Gasteiger charge is 2.31. The van der Waals surface area contributed by atoms with Gasteiger partial charge in [0, 0.05) is 62.5 Å². The Morgan fingerprint density at radius 3 is 2.30 bits per heavy atom. The van der Waals surface area contributed by atoms with Crippen molar-refractivity contribution in [2.75, 3.05) is 61.1 Å². The fraction of sp³-hybridized carbons (Fsp3) is 0.548. The van der Waals surface area contributed by atoms with Crippen LogP contribution in [0.1, 0.15) is 74.7 Å². The van der Waals surface area contributed by atoms with Gasteiger partial charge in [0.25, 0.3) is 0 Å². The van der Waals surface area contributed by atoms with Gasteiger partial charge in [-0.1, -0.05) is 32.0 Å². The fourth-order valence-electron chi connectivity index (χ4n) is 5.80. The van der Waals surface area contributed by atoms with Gasteiger partial charge in [-0.15, -0.1) is 0 Å². The lowest BCUT2D eigenvalue weighted by Gasteiger charge is -2.39. The van der Waals surface area contributed by atoms with E-state index in [1.165, 1.54) is 49.2 Å². The molecule has 1 N–H and O–H groups in total. The Hall–Kier alpha value is -2.86. The molecule has 3 aliphatic rings. The minimum Gasteiger partial charge on any atom is -0.395 e. The van der Waals surface area contributed by atoms with Gasteiger partial charge in [-0.25, -0.2) is 9.97 Å². The molecule has 0 radical (unpaired) electrons. The number of aliphatic hydroxyl groups is 1. The first-order valence-electron chi connectivity index (χ1n) is 14.4. The molecule has 1 aliphatic carbocycles. The number of rotatable bonds is 7.